The second kappa shape index (κ2) is 7.20. The highest BCUT2D eigenvalue weighted by Crippen LogP contribution is 2.13. The summed E-state index contributed by atoms with van der Waals surface area (Å²) >= 11 is 0. The van der Waals surface area contributed by atoms with E-state index in [0.717, 1.165) is 24.8 Å². The van der Waals surface area contributed by atoms with Gasteiger partial charge in [0.05, 0.1) is 6.26 Å². The van der Waals surface area contributed by atoms with Crippen LogP contribution in [0.5, 0.6) is 0 Å². The fourth-order valence-corrected chi connectivity index (χ4v) is 2.25. The molecule has 1 atom stereocenters. The molecule has 1 unspecified atom stereocenters. The lowest BCUT2D eigenvalue weighted by Gasteiger charge is -2.17. The van der Waals surface area contributed by atoms with Crippen LogP contribution in [0.3, 0.4) is 0 Å². The third kappa shape index (κ3) is 4.46. The molecule has 0 radical (unpaired) electrons. The number of furan rings is 1. The van der Waals surface area contributed by atoms with Crippen LogP contribution in [-0.2, 0) is 12.8 Å². The van der Waals surface area contributed by atoms with Gasteiger partial charge in [0, 0.05) is 18.5 Å². The third-order valence-electron chi connectivity index (χ3n) is 3.12. The molecular formula is C16H19F2NO. The van der Waals surface area contributed by atoms with Gasteiger partial charge >= 0.3 is 0 Å². The predicted molar refractivity (Wildman–Crippen MR) is 74.6 cm³/mol. The maximum Gasteiger partial charge on any atom is 0.126 e. The Hall–Kier alpha value is -1.68. The van der Waals surface area contributed by atoms with Gasteiger partial charge in [0.2, 0.25) is 0 Å². The summed E-state index contributed by atoms with van der Waals surface area (Å²) in [5, 5.41) is 3.39. The average Bonchev–Trinajstić information content (AvgIpc) is 2.87. The zero-order valence-corrected chi connectivity index (χ0v) is 11.5. The van der Waals surface area contributed by atoms with E-state index in [4.69, 9.17) is 4.42 Å². The molecule has 0 aliphatic rings. The molecule has 0 spiro atoms. The fourth-order valence-electron chi connectivity index (χ4n) is 2.25. The van der Waals surface area contributed by atoms with Crippen molar-refractivity contribution in [1.82, 2.24) is 5.32 Å². The summed E-state index contributed by atoms with van der Waals surface area (Å²) in [5.41, 5.74) is 0.655. The summed E-state index contributed by atoms with van der Waals surface area (Å²) < 4.78 is 31.8. The van der Waals surface area contributed by atoms with E-state index < -0.39 is 11.6 Å². The van der Waals surface area contributed by atoms with Gasteiger partial charge in [-0.05, 0) is 49.2 Å². The van der Waals surface area contributed by atoms with Crippen LogP contribution in [0.15, 0.2) is 41.0 Å². The summed E-state index contributed by atoms with van der Waals surface area (Å²) in [6, 6.07) is 7.51. The topological polar surface area (TPSA) is 25.2 Å². The van der Waals surface area contributed by atoms with Gasteiger partial charge in [0.1, 0.15) is 17.4 Å². The normalized spacial score (nSPS) is 12.6. The van der Waals surface area contributed by atoms with Crippen molar-refractivity contribution in [3.05, 3.63) is 59.6 Å². The molecule has 0 bridgehead atoms. The average molecular weight is 279 g/mol. The Bertz CT molecular complexity index is 505. The molecule has 0 aliphatic carbocycles. The van der Waals surface area contributed by atoms with Crippen molar-refractivity contribution >= 4 is 0 Å². The molecule has 20 heavy (non-hydrogen) atoms. The van der Waals surface area contributed by atoms with Crippen LogP contribution in [0.25, 0.3) is 0 Å². The molecule has 1 heterocycles. The molecule has 4 heteroatoms. The molecule has 0 amide bonds. The lowest BCUT2D eigenvalue weighted by Crippen LogP contribution is -2.33. The molecule has 2 nitrogen and oxygen atoms in total. The lowest BCUT2D eigenvalue weighted by molar-refractivity contribution is 0.437. The van der Waals surface area contributed by atoms with Crippen molar-refractivity contribution in [3.8, 4) is 0 Å². The molecule has 0 saturated carbocycles. The molecule has 1 N–H and O–H groups in total. The van der Waals surface area contributed by atoms with E-state index in [0.29, 0.717) is 18.4 Å². The van der Waals surface area contributed by atoms with Crippen LogP contribution in [-0.4, -0.2) is 12.6 Å². The van der Waals surface area contributed by atoms with Gasteiger partial charge in [-0.25, -0.2) is 8.78 Å². The van der Waals surface area contributed by atoms with E-state index in [1.165, 1.54) is 12.1 Å². The summed E-state index contributed by atoms with van der Waals surface area (Å²) in [6.45, 7) is 2.95. The number of benzene rings is 1. The number of hydrogen-bond donors (Lipinski definition) is 1. The van der Waals surface area contributed by atoms with Crippen LogP contribution in [0.4, 0.5) is 8.78 Å². The van der Waals surface area contributed by atoms with Crippen molar-refractivity contribution in [3.63, 3.8) is 0 Å². The SMILES string of the molecule is CCCNC(Cc1cc(F)cc(F)c1)Cc1ccco1. The predicted octanol–water partition coefficient (Wildman–Crippen LogP) is 3.71. The maximum absolute atomic E-state index is 13.2. The van der Waals surface area contributed by atoms with Gasteiger partial charge in [-0.2, -0.15) is 0 Å². The highest BCUT2D eigenvalue weighted by atomic mass is 19.1. The van der Waals surface area contributed by atoms with Crippen LogP contribution in [0.1, 0.15) is 24.7 Å². The Morgan fingerprint density at radius 2 is 1.90 bits per heavy atom. The molecule has 2 aromatic rings. The molecule has 0 saturated heterocycles. The third-order valence-corrected chi connectivity index (χ3v) is 3.12. The Morgan fingerprint density at radius 1 is 1.15 bits per heavy atom. The smallest absolute Gasteiger partial charge is 0.126 e. The van der Waals surface area contributed by atoms with E-state index in [1.807, 2.05) is 12.1 Å². The number of hydrogen-bond acceptors (Lipinski definition) is 2. The minimum absolute atomic E-state index is 0.0994. The van der Waals surface area contributed by atoms with Crippen LogP contribution >= 0.6 is 0 Å². The van der Waals surface area contributed by atoms with Gasteiger partial charge in [-0.3, -0.25) is 0 Å². The summed E-state index contributed by atoms with van der Waals surface area (Å²) in [7, 11) is 0. The minimum Gasteiger partial charge on any atom is -0.469 e. The Balaban J connectivity index is 2.05. The first-order valence-corrected chi connectivity index (χ1v) is 6.88. The summed E-state index contributed by atoms with van der Waals surface area (Å²) in [4.78, 5) is 0. The highest BCUT2D eigenvalue weighted by molar-refractivity contribution is 5.19. The lowest BCUT2D eigenvalue weighted by atomic mass is 10.0. The summed E-state index contributed by atoms with van der Waals surface area (Å²) in [5.74, 6) is -0.199. The van der Waals surface area contributed by atoms with E-state index in [9.17, 15) is 8.78 Å². The first-order valence-electron chi connectivity index (χ1n) is 6.88. The van der Waals surface area contributed by atoms with E-state index in [-0.39, 0.29) is 6.04 Å². The fraction of sp³-hybridized carbons (Fsp3) is 0.375. The molecule has 1 aromatic carbocycles. The standard InChI is InChI=1S/C16H19F2NO/c1-2-5-19-15(11-16-4-3-6-20-16)9-12-7-13(17)10-14(18)8-12/h3-4,6-8,10,15,19H,2,5,9,11H2,1H3. The van der Waals surface area contributed by atoms with Gasteiger partial charge in [0.25, 0.3) is 0 Å². The van der Waals surface area contributed by atoms with Gasteiger partial charge in [0.15, 0.2) is 0 Å². The van der Waals surface area contributed by atoms with E-state index >= 15 is 0 Å². The number of nitrogens with one attached hydrogen (secondary N) is 1. The van der Waals surface area contributed by atoms with Crippen molar-refractivity contribution in [2.24, 2.45) is 0 Å². The number of halogens is 2. The second-order valence-corrected chi connectivity index (χ2v) is 4.92. The van der Waals surface area contributed by atoms with Crippen LogP contribution in [0.2, 0.25) is 0 Å². The highest BCUT2D eigenvalue weighted by Gasteiger charge is 2.13. The largest absolute Gasteiger partial charge is 0.469 e. The van der Waals surface area contributed by atoms with Gasteiger partial charge in [-0.15, -0.1) is 0 Å². The minimum atomic E-state index is -0.535. The van der Waals surface area contributed by atoms with Crippen LogP contribution < -0.4 is 5.32 Å². The zero-order valence-electron chi connectivity index (χ0n) is 11.5. The van der Waals surface area contributed by atoms with Gasteiger partial charge in [-0.1, -0.05) is 6.92 Å². The first kappa shape index (κ1) is 14.7. The Kier molecular flexibility index (Phi) is 5.30. The van der Waals surface area contributed by atoms with E-state index in [1.54, 1.807) is 6.26 Å². The quantitative estimate of drug-likeness (QED) is 0.835. The molecule has 2 rings (SSSR count). The van der Waals surface area contributed by atoms with Gasteiger partial charge < -0.3 is 9.73 Å². The summed E-state index contributed by atoms with van der Waals surface area (Å²) in [6.07, 6.45) is 3.90. The molecule has 0 fully saturated rings. The second-order valence-electron chi connectivity index (χ2n) is 4.92. The molecule has 1 aromatic heterocycles. The molecule has 0 aliphatic heterocycles. The van der Waals surface area contributed by atoms with Crippen molar-refractivity contribution in [2.75, 3.05) is 6.54 Å². The van der Waals surface area contributed by atoms with Crippen LogP contribution in [0, 0.1) is 11.6 Å². The zero-order chi connectivity index (χ0) is 14.4. The monoisotopic (exact) mass is 279 g/mol. The first-order chi connectivity index (χ1) is 9.67. The van der Waals surface area contributed by atoms with Crippen molar-refractivity contribution in [2.45, 2.75) is 32.2 Å². The Morgan fingerprint density at radius 3 is 2.50 bits per heavy atom. The molecule has 108 valence electrons. The Labute approximate surface area is 117 Å². The van der Waals surface area contributed by atoms with Crippen molar-refractivity contribution < 1.29 is 13.2 Å². The molecular weight excluding hydrogens is 260 g/mol. The van der Waals surface area contributed by atoms with Crippen molar-refractivity contribution in [1.29, 1.82) is 0 Å². The van der Waals surface area contributed by atoms with E-state index in [2.05, 4.69) is 12.2 Å². The maximum atomic E-state index is 13.2. The number of rotatable bonds is 7.